The first kappa shape index (κ1) is 15.4. The van der Waals surface area contributed by atoms with Crippen LogP contribution < -0.4 is 9.80 Å². The van der Waals surface area contributed by atoms with E-state index >= 15 is 0 Å². The van der Waals surface area contributed by atoms with Gasteiger partial charge in [0.15, 0.2) is 0 Å². The molecule has 1 aromatic rings. The van der Waals surface area contributed by atoms with Gasteiger partial charge in [0.25, 0.3) is 0 Å². The molecule has 1 aliphatic rings. The van der Waals surface area contributed by atoms with E-state index in [1.165, 1.54) is 11.8 Å². The molecule has 5 nitrogen and oxygen atoms in total. The molecule has 2 amide bonds. The highest BCUT2D eigenvalue weighted by molar-refractivity contribution is 6.03. The molecule has 1 aliphatic heterocycles. The molecule has 114 valence electrons. The molecule has 0 aliphatic carbocycles. The standard InChI is InChI=1S/C16H22N2O3/c1-10-9-17(15(20)21)13-8-6-7-12(16(3,4)5)14(13)18(10)11(2)19/h6-8,10H,9H2,1-5H3,(H,20,21). The van der Waals surface area contributed by atoms with Crippen LogP contribution in [0.1, 0.15) is 40.2 Å². The van der Waals surface area contributed by atoms with Gasteiger partial charge in [-0.3, -0.25) is 9.69 Å². The number of carboxylic acid groups (broad SMARTS) is 1. The number of benzene rings is 1. The van der Waals surface area contributed by atoms with Gasteiger partial charge in [0, 0.05) is 13.5 Å². The number of nitrogens with zero attached hydrogens (tertiary/aromatic N) is 2. The number of hydrogen-bond donors (Lipinski definition) is 1. The molecule has 1 unspecified atom stereocenters. The molecule has 0 saturated carbocycles. The Morgan fingerprint density at radius 3 is 2.38 bits per heavy atom. The average molecular weight is 290 g/mol. The molecule has 2 rings (SSSR count). The van der Waals surface area contributed by atoms with Crippen molar-refractivity contribution in [3.8, 4) is 0 Å². The van der Waals surface area contributed by atoms with Gasteiger partial charge in [0.05, 0.1) is 17.4 Å². The third kappa shape index (κ3) is 2.60. The van der Waals surface area contributed by atoms with Crippen LogP contribution in [0.25, 0.3) is 0 Å². The summed E-state index contributed by atoms with van der Waals surface area (Å²) in [4.78, 5) is 26.7. The minimum absolute atomic E-state index is 0.0644. The number of fused-ring (bicyclic) bond motifs is 1. The van der Waals surface area contributed by atoms with Crippen LogP contribution in [0, 0.1) is 0 Å². The van der Waals surface area contributed by atoms with Gasteiger partial charge in [0.2, 0.25) is 5.91 Å². The van der Waals surface area contributed by atoms with Gasteiger partial charge in [-0.05, 0) is 24.0 Å². The smallest absolute Gasteiger partial charge is 0.411 e. The second-order valence-electron chi connectivity index (χ2n) is 6.55. The first-order valence-electron chi connectivity index (χ1n) is 7.08. The summed E-state index contributed by atoms with van der Waals surface area (Å²) in [5.41, 5.74) is 2.11. The molecule has 0 bridgehead atoms. The summed E-state index contributed by atoms with van der Waals surface area (Å²) >= 11 is 0. The van der Waals surface area contributed by atoms with Crippen molar-refractivity contribution < 1.29 is 14.7 Å². The summed E-state index contributed by atoms with van der Waals surface area (Å²) in [6.45, 7) is 9.87. The van der Waals surface area contributed by atoms with E-state index in [1.54, 1.807) is 11.0 Å². The highest BCUT2D eigenvalue weighted by Gasteiger charge is 2.37. The van der Waals surface area contributed by atoms with Crippen LogP contribution >= 0.6 is 0 Å². The van der Waals surface area contributed by atoms with Gasteiger partial charge in [-0.2, -0.15) is 0 Å². The summed E-state index contributed by atoms with van der Waals surface area (Å²) in [5.74, 6) is -0.0644. The number of amides is 2. The molecular formula is C16H22N2O3. The summed E-state index contributed by atoms with van der Waals surface area (Å²) in [5, 5.41) is 9.44. The normalized spacial score (nSPS) is 18.4. The van der Waals surface area contributed by atoms with Crippen molar-refractivity contribution in [3.63, 3.8) is 0 Å². The minimum Gasteiger partial charge on any atom is -0.465 e. The van der Waals surface area contributed by atoms with Crippen LogP contribution in [0.15, 0.2) is 18.2 Å². The lowest BCUT2D eigenvalue weighted by Crippen LogP contribution is -2.51. The minimum atomic E-state index is -0.989. The Hall–Kier alpha value is -2.04. The van der Waals surface area contributed by atoms with Gasteiger partial charge in [-0.15, -0.1) is 0 Å². The van der Waals surface area contributed by atoms with E-state index in [-0.39, 0.29) is 23.9 Å². The lowest BCUT2D eigenvalue weighted by atomic mass is 9.84. The number of carbonyl (C=O) groups excluding carboxylic acids is 1. The Kier molecular flexibility index (Phi) is 3.70. The Morgan fingerprint density at radius 1 is 1.29 bits per heavy atom. The lowest BCUT2D eigenvalue weighted by Gasteiger charge is -2.42. The van der Waals surface area contributed by atoms with Crippen molar-refractivity contribution in [2.24, 2.45) is 0 Å². The van der Waals surface area contributed by atoms with E-state index < -0.39 is 6.09 Å². The second-order valence-corrected chi connectivity index (χ2v) is 6.55. The highest BCUT2D eigenvalue weighted by Crippen LogP contribution is 2.43. The third-order valence-electron chi connectivity index (χ3n) is 3.81. The van der Waals surface area contributed by atoms with Crippen molar-refractivity contribution in [2.45, 2.75) is 46.1 Å². The topological polar surface area (TPSA) is 60.9 Å². The first-order valence-corrected chi connectivity index (χ1v) is 7.08. The lowest BCUT2D eigenvalue weighted by molar-refractivity contribution is -0.117. The second kappa shape index (κ2) is 5.06. The zero-order valence-corrected chi connectivity index (χ0v) is 13.2. The fraction of sp³-hybridized carbons (Fsp3) is 0.500. The van der Waals surface area contributed by atoms with Gasteiger partial charge < -0.3 is 10.0 Å². The SMILES string of the molecule is CC(=O)N1c2c(cccc2C(C)(C)C)N(C(=O)O)CC1C. The van der Waals surface area contributed by atoms with E-state index in [0.717, 1.165) is 11.3 Å². The molecule has 0 radical (unpaired) electrons. The number of hydrogen-bond acceptors (Lipinski definition) is 2. The van der Waals surface area contributed by atoms with Crippen molar-refractivity contribution in [1.29, 1.82) is 0 Å². The summed E-state index contributed by atoms with van der Waals surface area (Å²) in [6.07, 6.45) is -0.989. The summed E-state index contributed by atoms with van der Waals surface area (Å²) in [7, 11) is 0. The molecule has 1 atom stereocenters. The van der Waals surface area contributed by atoms with Crippen LogP contribution in [0.2, 0.25) is 0 Å². The molecule has 0 spiro atoms. The molecule has 1 aromatic carbocycles. The van der Waals surface area contributed by atoms with Gasteiger partial charge in [0.1, 0.15) is 0 Å². The molecule has 1 heterocycles. The molecule has 0 saturated heterocycles. The fourth-order valence-electron chi connectivity index (χ4n) is 2.92. The number of anilines is 2. The van der Waals surface area contributed by atoms with Crippen LogP contribution in [-0.2, 0) is 10.2 Å². The average Bonchev–Trinajstić information content (AvgIpc) is 2.35. The van der Waals surface area contributed by atoms with Gasteiger partial charge >= 0.3 is 6.09 Å². The maximum atomic E-state index is 12.1. The van der Waals surface area contributed by atoms with Crippen LogP contribution in [0.4, 0.5) is 16.2 Å². The number of rotatable bonds is 0. The van der Waals surface area contributed by atoms with Crippen molar-refractivity contribution >= 4 is 23.4 Å². The number of para-hydroxylation sites is 1. The van der Waals surface area contributed by atoms with Gasteiger partial charge in [-0.1, -0.05) is 32.9 Å². The van der Waals surface area contributed by atoms with E-state index in [0.29, 0.717) is 5.69 Å². The third-order valence-corrected chi connectivity index (χ3v) is 3.81. The molecule has 0 aromatic heterocycles. The quantitative estimate of drug-likeness (QED) is 0.798. The van der Waals surface area contributed by atoms with Crippen molar-refractivity contribution in [1.82, 2.24) is 0 Å². The first-order chi connectivity index (χ1) is 9.64. The van der Waals surface area contributed by atoms with Crippen molar-refractivity contribution in [2.75, 3.05) is 16.3 Å². The predicted molar refractivity (Wildman–Crippen MR) is 83.1 cm³/mol. The van der Waals surface area contributed by atoms with Gasteiger partial charge in [-0.25, -0.2) is 4.79 Å². The fourth-order valence-corrected chi connectivity index (χ4v) is 2.92. The Bertz CT molecular complexity index is 590. The number of carbonyl (C=O) groups is 2. The van der Waals surface area contributed by atoms with Crippen LogP contribution in [0.3, 0.4) is 0 Å². The Morgan fingerprint density at radius 2 is 1.90 bits per heavy atom. The van der Waals surface area contributed by atoms with E-state index in [9.17, 15) is 14.7 Å². The maximum Gasteiger partial charge on any atom is 0.411 e. The van der Waals surface area contributed by atoms with Crippen LogP contribution in [-0.4, -0.2) is 29.7 Å². The molecule has 5 heteroatoms. The Labute approximate surface area is 125 Å². The summed E-state index contributed by atoms with van der Waals surface area (Å²) in [6, 6.07) is 5.39. The van der Waals surface area contributed by atoms with Crippen LogP contribution in [0.5, 0.6) is 0 Å². The maximum absolute atomic E-state index is 12.1. The monoisotopic (exact) mass is 290 g/mol. The zero-order chi connectivity index (χ0) is 15.9. The molecular weight excluding hydrogens is 268 g/mol. The predicted octanol–water partition coefficient (Wildman–Crippen LogP) is 3.22. The molecule has 0 fully saturated rings. The van der Waals surface area contributed by atoms with E-state index in [1.807, 2.05) is 19.1 Å². The molecule has 21 heavy (non-hydrogen) atoms. The largest absolute Gasteiger partial charge is 0.465 e. The van der Waals surface area contributed by atoms with E-state index in [2.05, 4.69) is 20.8 Å². The molecule has 1 N–H and O–H groups in total. The summed E-state index contributed by atoms with van der Waals surface area (Å²) < 4.78 is 0. The van der Waals surface area contributed by atoms with Crippen molar-refractivity contribution in [3.05, 3.63) is 23.8 Å². The Balaban J connectivity index is 2.75. The highest BCUT2D eigenvalue weighted by atomic mass is 16.4. The van der Waals surface area contributed by atoms with E-state index in [4.69, 9.17) is 0 Å². The zero-order valence-electron chi connectivity index (χ0n) is 13.2.